The number of rotatable bonds is 6. The molecular formula is C10H15F2NOS. The van der Waals surface area contributed by atoms with Gasteiger partial charge in [-0.3, -0.25) is 0 Å². The van der Waals surface area contributed by atoms with Crippen LogP contribution in [0.3, 0.4) is 0 Å². The van der Waals surface area contributed by atoms with Gasteiger partial charge >= 0.3 is 0 Å². The van der Waals surface area contributed by atoms with Crippen molar-refractivity contribution >= 4 is 11.3 Å². The third kappa shape index (κ3) is 4.24. The number of aryl methyl sites for hydroxylation is 1. The molecule has 1 unspecified atom stereocenters. The minimum Gasteiger partial charge on any atom is -0.375 e. The van der Waals surface area contributed by atoms with Crippen LogP contribution in [0.4, 0.5) is 8.78 Å². The summed E-state index contributed by atoms with van der Waals surface area (Å²) < 4.78 is 28.3. The molecule has 0 fully saturated rings. The molecule has 1 aromatic heterocycles. The first-order valence-corrected chi connectivity index (χ1v) is 5.64. The van der Waals surface area contributed by atoms with Gasteiger partial charge in [-0.15, -0.1) is 11.3 Å². The van der Waals surface area contributed by atoms with E-state index in [0.717, 1.165) is 5.56 Å². The van der Waals surface area contributed by atoms with Gasteiger partial charge in [0.05, 0.1) is 0 Å². The molecule has 2 nitrogen and oxygen atoms in total. The van der Waals surface area contributed by atoms with Crippen LogP contribution in [0.2, 0.25) is 0 Å². The standard InChI is InChI=1S/C10H15F2NOS/c1-7-8(3-5-15-7)9(13)2-4-14-6-10(11)12/h3,5,9-10H,2,4,6,13H2,1H3. The number of nitrogens with two attached hydrogens (primary N) is 1. The van der Waals surface area contributed by atoms with Crippen LogP contribution in [0, 0.1) is 6.92 Å². The smallest absolute Gasteiger partial charge is 0.261 e. The maximum absolute atomic E-state index is 11.7. The van der Waals surface area contributed by atoms with E-state index < -0.39 is 13.0 Å². The lowest BCUT2D eigenvalue weighted by atomic mass is 10.1. The highest BCUT2D eigenvalue weighted by molar-refractivity contribution is 7.10. The average molecular weight is 235 g/mol. The Labute approximate surface area is 92.0 Å². The van der Waals surface area contributed by atoms with Crippen LogP contribution in [0.25, 0.3) is 0 Å². The van der Waals surface area contributed by atoms with Crippen molar-refractivity contribution in [2.45, 2.75) is 25.8 Å². The Morgan fingerprint density at radius 1 is 1.53 bits per heavy atom. The van der Waals surface area contributed by atoms with Crippen molar-refractivity contribution < 1.29 is 13.5 Å². The summed E-state index contributed by atoms with van der Waals surface area (Å²) in [4.78, 5) is 1.18. The van der Waals surface area contributed by atoms with E-state index in [4.69, 9.17) is 10.5 Å². The molecule has 5 heteroatoms. The normalized spacial score (nSPS) is 13.4. The number of halogens is 2. The second-order valence-electron chi connectivity index (χ2n) is 3.29. The molecule has 1 aromatic rings. The van der Waals surface area contributed by atoms with E-state index >= 15 is 0 Å². The van der Waals surface area contributed by atoms with E-state index in [9.17, 15) is 8.78 Å². The fourth-order valence-corrected chi connectivity index (χ4v) is 2.09. The Morgan fingerprint density at radius 2 is 2.27 bits per heavy atom. The summed E-state index contributed by atoms with van der Waals surface area (Å²) in [6, 6.07) is 1.85. The van der Waals surface area contributed by atoms with Crippen molar-refractivity contribution in [3.05, 3.63) is 21.9 Å². The zero-order valence-corrected chi connectivity index (χ0v) is 9.40. The van der Waals surface area contributed by atoms with Gasteiger partial charge in [-0.2, -0.15) is 0 Å². The molecule has 0 saturated carbocycles. The Kier molecular flexibility index (Phi) is 5.14. The number of thiophene rings is 1. The first-order valence-electron chi connectivity index (χ1n) is 4.76. The second-order valence-corrected chi connectivity index (χ2v) is 4.41. The fourth-order valence-electron chi connectivity index (χ4n) is 1.32. The van der Waals surface area contributed by atoms with E-state index in [0.29, 0.717) is 6.42 Å². The van der Waals surface area contributed by atoms with Crippen LogP contribution >= 0.6 is 11.3 Å². The van der Waals surface area contributed by atoms with Crippen LogP contribution in [0.15, 0.2) is 11.4 Å². The van der Waals surface area contributed by atoms with Gasteiger partial charge in [-0.1, -0.05) is 0 Å². The summed E-state index contributed by atoms with van der Waals surface area (Å²) in [5, 5.41) is 1.98. The SMILES string of the molecule is Cc1sccc1C(N)CCOCC(F)F. The predicted octanol–water partition coefficient (Wildman–Crippen LogP) is 2.73. The first-order chi connectivity index (χ1) is 7.11. The monoisotopic (exact) mass is 235 g/mol. The van der Waals surface area contributed by atoms with Crippen LogP contribution in [-0.2, 0) is 4.74 Å². The summed E-state index contributed by atoms with van der Waals surface area (Å²) in [6.45, 7) is 1.77. The van der Waals surface area contributed by atoms with E-state index in [2.05, 4.69) is 0 Å². The number of alkyl halides is 2. The number of hydrogen-bond donors (Lipinski definition) is 1. The van der Waals surface area contributed by atoms with E-state index in [1.54, 1.807) is 11.3 Å². The molecule has 0 bridgehead atoms. The summed E-state index contributed by atoms with van der Waals surface area (Å²) in [5.74, 6) is 0. The van der Waals surface area contributed by atoms with Crippen LogP contribution in [0.1, 0.15) is 22.9 Å². The molecule has 0 saturated heterocycles. The quantitative estimate of drug-likeness (QED) is 0.769. The van der Waals surface area contributed by atoms with Gasteiger partial charge in [0.15, 0.2) is 0 Å². The highest BCUT2D eigenvalue weighted by Gasteiger charge is 2.10. The van der Waals surface area contributed by atoms with Gasteiger partial charge in [-0.25, -0.2) is 8.78 Å². The minimum absolute atomic E-state index is 0.117. The fraction of sp³-hybridized carbons (Fsp3) is 0.600. The molecule has 1 atom stereocenters. The molecule has 0 aliphatic rings. The number of ether oxygens (including phenoxy) is 1. The van der Waals surface area contributed by atoms with Crippen molar-refractivity contribution in [2.75, 3.05) is 13.2 Å². The molecule has 0 spiro atoms. The van der Waals surface area contributed by atoms with Gasteiger partial charge in [0.1, 0.15) is 6.61 Å². The van der Waals surface area contributed by atoms with E-state index in [-0.39, 0.29) is 12.6 Å². The summed E-state index contributed by atoms with van der Waals surface area (Å²) in [7, 11) is 0. The highest BCUT2D eigenvalue weighted by atomic mass is 32.1. The largest absolute Gasteiger partial charge is 0.375 e. The zero-order valence-electron chi connectivity index (χ0n) is 8.58. The lowest BCUT2D eigenvalue weighted by Gasteiger charge is -2.11. The lowest BCUT2D eigenvalue weighted by Crippen LogP contribution is -2.14. The maximum atomic E-state index is 11.7. The Bertz CT molecular complexity index is 291. The molecule has 1 rings (SSSR count). The first kappa shape index (κ1) is 12.5. The predicted molar refractivity (Wildman–Crippen MR) is 57.4 cm³/mol. The van der Waals surface area contributed by atoms with Crippen molar-refractivity contribution in [1.82, 2.24) is 0 Å². The zero-order chi connectivity index (χ0) is 11.3. The molecule has 0 radical (unpaired) electrons. The van der Waals surface area contributed by atoms with Crippen LogP contribution < -0.4 is 5.73 Å². The van der Waals surface area contributed by atoms with Crippen molar-refractivity contribution in [1.29, 1.82) is 0 Å². The Hall–Kier alpha value is -0.520. The van der Waals surface area contributed by atoms with Crippen LogP contribution in [-0.4, -0.2) is 19.6 Å². The molecule has 0 aliphatic heterocycles. The molecule has 0 aliphatic carbocycles. The molecule has 0 aromatic carbocycles. The molecule has 0 amide bonds. The highest BCUT2D eigenvalue weighted by Crippen LogP contribution is 2.22. The number of hydrogen-bond acceptors (Lipinski definition) is 3. The van der Waals surface area contributed by atoms with Crippen LogP contribution in [0.5, 0.6) is 0 Å². The molecule has 86 valence electrons. The molecule has 15 heavy (non-hydrogen) atoms. The van der Waals surface area contributed by atoms with Crippen molar-refractivity contribution in [3.8, 4) is 0 Å². The summed E-state index contributed by atoms with van der Waals surface area (Å²) >= 11 is 1.64. The topological polar surface area (TPSA) is 35.2 Å². The minimum atomic E-state index is -2.40. The third-order valence-electron chi connectivity index (χ3n) is 2.12. The third-order valence-corrected chi connectivity index (χ3v) is 2.98. The maximum Gasteiger partial charge on any atom is 0.261 e. The molecule has 1 heterocycles. The Morgan fingerprint density at radius 3 is 2.80 bits per heavy atom. The average Bonchev–Trinajstić information content (AvgIpc) is 2.58. The summed E-state index contributed by atoms with van der Waals surface area (Å²) in [6.07, 6.45) is -1.83. The lowest BCUT2D eigenvalue weighted by molar-refractivity contribution is 0.0152. The van der Waals surface area contributed by atoms with Gasteiger partial charge in [-0.05, 0) is 30.4 Å². The van der Waals surface area contributed by atoms with E-state index in [1.807, 2.05) is 18.4 Å². The van der Waals surface area contributed by atoms with Crippen molar-refractivity contribution in [2.24, 2.45) is 5.73 Å². The van der Waals surface area contributed by atoms with Gasteiger partial charge < -0.3 is 10.5 Å². The van der Waals surface area contributed by atoms with Gasteiger partial charge in [0.25, 0.3) is 6.43 Å². The second kappa shape index (κ2) is 6.15. The van der Waals surface area contributed by atoms with E-state index in [1.165, 1.54) is 4.88 Å². The Balaban J connectivity index is 2.25. The van der Waals surface area contributed by atoms with Crippen molar-refractivity contribution in [3.63, 3.8) is 0 Å². The summed E-state index contributed by atoms with van der Waals surface area (Å²) in [5.41, 5.74) is 6.98. The molecule has 2 N–H and O–H groups in total. The van der Waals surface area contributed by atoms with Gasteiger partial charge in [0.2, 0.25) is 0 Å². The molecular weight excluding hydrogens is 220 g/mol. The van der Waals surface area contributed by atoms with Gasteiger partial charge in [0, 0.05) is 17.5 Å².